The van der Waals surface area contributed by atoms with Crippen LogP contribution in [-0.2, 0) is 4.74 Å². The fourth-order valence-corrected chi connectivity index (χ4v) is 4.12. The van der Waals surface area contributed by atoms with Gasteiger partial charge in [0.15, 0.2) is 5.82 Å². The van der Waals surface area contributed by atoms with Crippen molar-refractivity contribution in [2.24, 2.45) is 0 Å². The van der Waals surface area contributed by atoms with Gasteiger partial charge < -0.3 is 25.3 Å². The molecule has 2 saturated heterocycles. The molecule has 31 heavy (non-hydrogen) atoms. The molecular weight excluding hydrogens is 394 g/mol. The number of aromatic nitrogens is 4. The number of H-pyrrole nitrogens is 2. The zero-order valence-corrected chi connectivity index (χ0v) is 16.9. The third-order valence-corrected chi connectivity index (χ3v) is 6.01. The monoisotopic (exact) mass is 417 g/mol. The van der Waals surface area contributed by atoms with Crippen LogP contribution in [0.25, 0.3) is 33.5 Å². The fourth-order valence-electron chi connectivity index (χ4n) is 4.12. The normalized spacial score (nSPS) is 17.2. The Morgan fingerprint density at radius 3 is 2.77 bits per heavy atom. The summed E-state index contributed by atoms with van der Waals surface area (Å²) in [5.74, 6) is 0.612. The Morgan fingerprint density at radius 2 is 1.97 bits per heavy atom. The van der Waals surface area contributed by atoms with Gasteiger partial charge in [-0.1, -0.05) is 0 Å². The summed E-state index contributed by atoms with van der Waals surface area (Å²) < 4.78 is 5.45. The van der Waals surface area contributed by atoms with Crippen LogP contribution in [0, 0.1) is 0 Å². The van der Waals surface area contributed by atoms with Crippen molar-refractivity contribution in [3.05, 3.63) is 42.0 Å². The first kappa shape index (κ1) is 18.3. The van der Waals surface area contributed by atoms with Gasteiger partial charge in [-0.05, 0) is 36.4 Å². The van der Waals surface area contributed by atoms with Crippen molar-refractivity contribution in [3.8, 4) is 11.5 Å². The summed E-state index contributed by atoms with van der Waals surface area (Å²) in [6, 6.07) is 12.0. The average molecular weight is 417 g/mol. The highest BCUT2D eigenvalue weighted by Crippen LogP contribution is 2.29. The van der Waals surface area contributed by atoms with E-state index in [1.165, 1.54) is 0 Å². The van der Waals surface area contributed by atoms with Crippen molar-refractivity contribution in [2.45, 2.75) is 6.04 Å². The quantitative estimate of drug-likeness (QED) is 0.402. The first-order valence-corrected chi connectivity index (χ1v) is 10.6. The number of benzene rings is 2. The number of imidazole rings is 1. The van der Waals surface area contributed by atoms with Crippen molar-refractivity contribution in [1.82, 2.24) is 30.8 Å². The van der Waals surface area contributed by atoms with Crippen LogP contribution in [0.3, 0.4) is 0 Å². The number of nitrogens with zero attached hydrogens (tertiary/aromatic N) is 3. The highest BCUT2D eigenvalue weighted by Gasteiger charge is 2.21. The third kappa shape index (κ3) is 3.31. The number of nitrogens with one attached hydrogen (secondary N) is 4. The van der Waals surface area contributed by atoms with Crippen LogP contribution in [-0.4, -0.2) is 71.5 Å². The number of amides is 1. The maximum Gasteiger partial charge on any atom is 0.251 e. The number of carbonyl (C=O) groups is 1. The number of morpholine rings is 1. The molecule has 0 radical (unpaired) electrons. The van der Waals surface area contributed by atoms with Crippen molar-refractivity contribution in [3.63, 3.8) is 0 Å². The first-order chi connectivity index (χ1) is 15.2. The zero-order valence-electron chi connectivity index (χ0n) is 16.9. The van der Waals surface area contributed by atoms with Crippen molar-refractivity contribution in [1.29, 1.82) is 0 Å². The molecule has 9 heteroatoms. The van der Waals surface area contributed by atoms with Crippen LogP contribution >= 0.6 is 0 Å². The van der Waals surface area contributed by atoms with E-state index in [1.807, 2.05) is 24.3 Å². The Balaban J connectivity index is 1.34. The summed E-state index contributed by atoms with van der Waals surface area (Å²) in [5.41, 5.74) is 5.19. The largest absolute Gasteiger partial charge is 0.378 e. The van der Waals surface area contributed by atoms with E-state index in [9.17, 15) is 4.79 Å². The number of rotatable bonds is 4. The van der Waals surface area contributed by atoms with Crippen molar-refractivity contribution in [2.75, 3.05) is 44.3 Å². The van der Waals surface area contributed by atoms with Crippen LogP contribution < -0.4 is 15.5 Å². The summed E-state index contributed by atoms with van der Waals surface area (Å²) in [6.07, 6.45) is 0. The van der Waals surface area contributed by atoms with E-state index in [0.717, 1.165) is 67.0 Å². The molecule has 0 bridgehead atoms. The van der Waals surface area contributed by atoms with E-state index in [2.05, 4.69) is 42.8 Å². The number of fused-ring (bicyclic) bond motifs is 2. The van der Waals surface area contributed by atoms with E-state index in [1.54, 1.807) is 0 Å². The maximum atomic E-state index is 12.6. The number of hydrogen-bond acceptors (Lipinski definition) is 6. The number of hydrogen-bond donors (Lipinski definition) is 4. The van der Waals surface area contributed by atoms with Crippen molar-refractivity contribution < 1.29 is 9.53 Å². The Morgan fingerprint density at radius 1 is 1.10 bits per heavy atom. The van der Waals surface area contributed by atoms with Gasteiger partial charge in [0.2, 0.25) is 0 Å². The molecule has 2 aromatic carbocycles. The van der Waals surface area contributed by atoms with Crippen molar-refractivity contribution >= 4 is 33.5 Å². The molecule has 0 aliphatic carbocycles. The molecule has 2 aliphatic heterocycles. The fraction of sp³-hybridized carbons (Fsp3) is 0.318. The van der Waals surface area contributed by atoms with Crippen LogP contribution in [0.15, 0.2) is 36.4 Å². The molecule has 9 nitrogen and oxygen atoms in total. The van der Waals surface area contributed by atoms with Crippen LogP contribution in [0.4, 0.5) is 5.69 Å². The summed E-state index contributed by atoms with van der Waals surface area (Å²) >= 11 is 0. The topological polar surface area (TPSA) is 111 Å². The smallest absolute Gasteiger partial charge is 0.251 e. The van der Waals surface area contributed by atoms with E-state index < -0.39 is 0 Å². The van der Waals surface area contributed by atoms with Gasteiger partial charge in [0.05, 0.1) is 35.8 Å². The van der Waals surface area contributed by atoms with Gasteiger partial charge in [-0.2, -0.15) is 5.10 Å². The molecular formula is C22H23N7O2. The summed E-state index contributed by atoms with van der Waals surface area (Å²) in [5, 5.41) is 14.6. The highest BCUT2D eigenvalue weighted by atomic mass is 16.5. The molecule has 4 aromatic rings. The molecule has 2 fully saturated rings. The SMILES string of the molecule is O=C(NC1CNC1)c1ccc2[nH]nc(-c3nc4ccc(N5CCOCC5)cc4[nH]3)c2c1. The lowest BCUT2D eigenvalue weighted by molar-refractivity contribution is 0.0924. The second-order valence-corrected chi connectivity index (χ2v) is 8.05. The molecule has 4 N–H and O–H groups in total. The maximum absolute atomic E-state index is 12.6. The summed E-state index contributed by atoms with van der Waals surface area (Å²) in [7, 11) is 0. The third-order valence-electron chi connectivity index (χ3n) is 6.01. The molecule has 2 aromatic heterocycles. The second kappa shape index (κ2) is 7.36. The molecule has 158 valence electrons. The standard InChI is InChI=1S/C22H23N7O2/c30-22(24-14-11-23-12-14)13-1-3-17-16(9-13)20(28-27-17)21-25-18-4-2-15(10-19(18)26-21)29-5-7-31-8-6-29/h1-4,9-10,14,23H,5-8,11-12H2,(H,24,30)(H,25,26)(H,27,28). The lowest BCUT2D eigenvalue weighted by Crippen LogP contribution is -2.56. The Hall–Kier alpha value is -3.43. The molecule has 2 aliphatic rings. The molecule has 0 atom stereocenters. The minimum atomic E-state index is -0.0692. The summed E-state index contributed by atoms with van der Waals surface area (Å²) in [6.45, 7) is 4.90. The van der Waals surface area contributed by atoms with Crippen LogP contribution in [0.2, 0.25) is 0 Å². The second-order valence-electron chi connectivity index (χ2n) is 8.05. The number of ether oxygens (including phenoxy) is 1. The molecule has 0 spiro atoms. The highest BCUT2D eigenvalue weighted by molar-refractivity contribution is 6.01. The van der Waals surface area contributed by atoms with E-state index in [-0.39, 0.29) is 11.9 Å². The number of carbonyl (C=O) groups excluding carboxylic acids is 1. The minimum Gasteiger partial charge on any atom is -0.378 e. The number of anilines is 1. The van der Waals surface area contributed by atoms with Crippen LogP contribution in [0.5, 0.6) is 0 Å². The minimum absolute atomic E-state index is 0.0692. The Labute approximate surface area is 178 Å². The Kier molecular flexibility index (Phi) is 4.36. The Bertz CT molecular complexity index is 1270. The lowest BCUT2D eigenvalue weighted by Gasteiger charge is -2.28. The molecule has 0 saturated carbocycles. The van der Waals surface area contributed by atoms with Gasteiger partial charge in [-0.15, -0.1) is 0 Å². The molecule has 0 unspecified atom stereocenters. The van der Waals surface area contributed by atoms with Gasteiger partial charge >= 0.3 is 0 Å². The van der Waals surface area contributed by atoms with E-state index in [0.29, 0.717) is 17.1 Å². The first-order valence-electron chi connectivity index (χ1n) is 10.6. The predicted octanol–water partition coefficient (Wildman–Crippen LogP) is 1.64. The van der Waals surface area contributed by atoms with Gasteiger partial charge in [0, 0.05) is 42.8 Å². The molecule has 1 amide bonds. The van der Waals surface area contributed by atoms with Crippen LogP contribution in [0.1, 0.15) is 10.4 Å². The number of aromatic amines is 2. The molecule has 4 heterocycles. The van der Waals surface area contributed by atoms with Gasteiger partial charge in [-0.3, -0.25) is 9.89 Å². The summed E-state index contributed by atoms with van der Waals surface area (Å²) in [4.78, 5) is 23.1. The average Bonchev–Trinajstić information content (AvgIpc) is 3.39. The van der Waals surface area contributed by atoms with E-state index >= 15 is 0 Å². The van der Waals surface area contributed by atoms with Gasteiger partial charge in [0.1, 0.15) is 5.69 Å². The predicted molar refractivity (Wildman–Crippen MR) is 118 cm³/mol. The van der Waals surface area contributed by atoms with Gasteiger partial charge in [0.25, 0.3) is 5.91 Å². The lowest BCUT2D eigenvalue weighted by atomic mass is 10.1. The van der Waals surface area contributed by atoms with Gasteiger partial charge in [-0.25, -0.2) is 4.98 Å². The molecule has 6 rings (SSSR count). The van der Waals surface area contributed by atoms with E-state index in [4.69, 9.17) is 9.72 Å². The zero-order chi connectivity index (χ0) is 20.8.